The molecule has 6 nitrogen and oxygen atoms in total. The molecule has 1 unspecified atom stereocenters. The largest absolute Gasteiger partial charge is 0.462 e. The van der Waals surface area contributed by atoms with Gasteiger partial charge in [-0.15, -0.1) is 0 Å². The molecule has 0 aromatic rings. The van der Waals surface area contributed by atoms with Crippen LogP contribution < -0.4 is 0 Å². The van der Waals surface area contributed by atoms with Crippen molar-refractivity contribution in [2.75, 3.05) is 13.2 Å². The normalized spacial score (nSPS) is 12.2. The van der Waals surface area contributed by atoms with Gasteiger partial charge in [0.25, 0.3) is 0 Å². The van der Waals surface area contributed by atoms with Crippen LogP contribution in [-0.4, -0.2) is 37.2 Å². The molecular weight excluding hydrogens is 973 g/mol. The van der Waals surface area contributed by atoms with Crippen LogP contribution >= 0.6 is 0 Å². The summed E-state index contributed by atoms with van der Waals surface area (Å²) < 4.78 is 16.9. The summed E-state index contributed by atoms with van der Waals surface area (Å²) in [6, 6.07) is 0. The Morgan fingerprint density at radius 1 is 0.253 bits per heavy atom. The first-order valence-electron chi connectivity index (χ1n) is 35.5. The Bertz CT molecular complexity index is 1320. The summed E-state index contributed by atoms with van der Waals surface area (Å²) >= 11 is 0. The number of unbranched alkanes of at least 4 members (excludes halogenated alkanes) is 49. The van der Waals surface area contributed by atoms with Crippen molar-refractivity contribution in [3.05, 3.63) is 36.5 Å². The van der Waals surface area contributed by atoms with Crippen molar-refractivity contribution in [2.24, 2.45) is 0 Å². The summed E-state index contributed by atoms with van der Waals surface area (Å²) in [5.41, 5.74) is 0. The van der Waals surface area contributed by atoms with Crippen molar-refractivity contribution in [1.29, 1.82) is 0 Å². The summed E-state index contributed by atoms with van der Waals surface area (Å²) in [6.07, 6.45) is 84.9. The monoisotopic (exact) mass is 1110 g/mol. The van der Waals surface area contributed by atoms with Crippen molar-refractivity contribution in [3.8, 4) is 0 Å². The minimum atomic E-state index is -0.766. The molecule has 1 atom stereocenters. The van der Waals surface area contributed by atoms with Gasteiger partial charge in [-0.3, -0.25) is 14.4 Å². The maximum Gasteiger partial charge on any atom is 0.306 e. The summed E-state index contributed by atoms with van der Waals surface area (Å²) in [7, 11) is 0. The second-order valence-corrected chi connectivity index (χ2v) is 24.2. The second-order valence-electron chi connectivity index (χ2n) is 24.2. The Labute approximate surface area is 493 Å². The van der Waals surface area contributed by atoms with Gasteiger partial charge in [0.1, 0.15) is 13.2 Å². The molecule has 0 rings (SSSR count). The van der Waals surface area contributed by atoms with Gasteiger partial charge in [0.15, 0.2) is 6.10 Å². The molecule has 0 amide bonds. The molecule has 0 aliphatic rings. The summed E-state index contributed by atoms with van der Waals surface area (Å²) in [5.74, 6) is -0.841. The molecule has 79 heavy (non-hydrogen) atoms. The van der Waals surface area contributed by atoms with Crippen molar-refractivity contribution in [3.63, 3.8) is 0 Å². The average Bonchev–Trinajstić information content (AvgIpc) is 3.45. The van der Waals surface area contributed by atoms with Crippen molar-refractivity contribution in [2.45, 2.75) is 399 Å². The van der Waals surface area contributed by atoms with E-state index in [1.54, 1.807) is 0 Å². The minimum absolute atomic E-state index is 0.0651. The Morgan fingerprint density at radius 2 is 0.456 bits per heavy atom. The molecule has 0 saturated carbocycles. The Kier molecular flexibility index (Phi) is 66.1. The third kappa shape index (κ3) is 66.3. The van der Waals surface area contributed by atoms with Crippen LogP contribution in [0.1, 0.15) is 393 Å². The van der Waals surface area contributed by atoms with E-state index in [1.807, 2.05) is 0 Å². The molecule has 0 radical (unpaired) electrons. The third-order valence-electron chi connectivity index (χ3n) is 16.1. The van der Waals surface area contributed by atoms with Gasteiger partial charge in [-0.2, -0.15) is 0 Å². The fourth-order valence-corrected chi connectivity index (χ4v) is 10.8. The maximum atomic E-state index is 12.9. The van der Waals surface area contributed by atoms with Crippen LogP contribution in [0.25, 0.3) is 0 Å². The topological polar surface area (TPSA) is 78.9 Å². The molecule has 6 heteroatoms. The first kappa shape index (κ1) is 76.6. The zero-order valence-electron chi connectivity index (χ0n) is 53.4. The van der Waals surface area contributed by atoms with Crippen LogP contribution in [0.5, 0.6) is 0 Å². The first-order chi connectivity index (χ1) is 39.0. The molecule has 0 saturated heterocycles. The summed E-state index contributed by atoms with van der Waals surface area (Å²) in [6.45, 7) is 6.67. The van der Waals surface area contributed by atoms with Crippen molar-refractivity contribution in [1.82, 2.24) is 0 Å². The van der Waals surface area contributed by atoms with E-state index in [4.69, 9.17) is 14.2 Å². The molecule has 0 heterocycles. The molecule has 0 bridgehead atoms. The Balaban J connectivity index is 4.01. The quantitative estimate of drug-likeness (QED) is 0.0261. The van der Waals surface area contributed by atoms with Gasteiger partial charge in [0, 0.05) is 19.3 Å². The SMILES string of the molecule is CCCCCCC/C=C\C/C=C\C/C=C\CCCCCCCCCCCCCCCCCCCCC(=O)OCC(COC(=O)CCCCCCCCCC)OC(=O)CCCCCCCCCCCCCCCCCCCCCC. The van der Waals surface area contributed by atoms with Gasteiger partial charge in [-0.1, -0.05) is 353 Å². The van der Waals surface area contributed by atoms with Crippen LogP contribution in [0.15, 0.2) is 36.5 Å². The third-order valence-corrected chi connectivity index (χ3v) is 16.1. The lowest BCUT2D eigenvalue weighted by atomic mass is 10.0. The van der Waals surface area contributed by atoms with E-state index < -0.39 is 6.10 Å². The summed E-state index contributed by atoms with van der Waals surface area (Å²) in [5, 5.41) is 0. The van der Waals surface area contributed by atoms with Crippen molar-refractivity contribution >= 4 is 17.9 Å². The van der Waals surface area contributed by atoms with E-state index in [1.165, 1.54) is 283 Å². The number of hydrogen-bond acceptors (Lipinski definition) is 6. The zero-order chi connectivity index (χ0) is 57.1. The number of rotatable bonds is 66. The van der Waals surface area contributed by atoms with Gasteiger partial charge in [-0.25, -0.2) is 0 Å². The molecule has 0 aromatic heterocycles. The lowest BCUT2D eigenvalue weighted by Crippen LogP contribution is -2.30. The molecule has 0 aliphatic carbocycles. The van der Waals surface area contributed by atoms with E-state index in [9.17, 15) is 14.4 Å². The van der Waals surface area contributed by atoms with E-state index in [0.717, 1.165) is 70.6 Å². The second kappa shape index (κ2) is 68.1. The number of hydrogen-bond donors (Lipinski definition) is 0. The fourth-order valence-electron chi connectivity index (χ4n) is 10.8. The molecule has 0 fully saturated rings. The van der Waals surface area contributed by atoms with Crippen molar-refractivity contribution < 1.29 is 28.6 Å². The lowest BCUT2D eigenvalue weighted by molar-refractivity contribution is -0.167. The number of carbonyl (C=O) groups excluding carboxylic acids is 3. The Morgan fingerprint density at radius 3 is 0.709 bits per heavy atom. The highest BCUT2D eigenvalue weighted by Gasteiger charge is 2.19. The van der Waals surface area contributed by atoms with Crippen LogP contribution in [0.2, 0.25) is 0 Å². The Hall–Kier alpha value is -2.37. The fraction of sp³-hybridized carbons (Fsp3) is 0.877. The van der Waals surface area contributed by atoms with E-state index in [0.29, 0.717) is 19.3 Å². The molecule has 0 spiro atoms. The highest BCUT2D eigenvalue weighted by molar-refractivity contribution is 5.71. The molecule has 0 N–H and O–H groups in total. The molecule has 0 aromatic carbocycles. The molecular formula is C73H136O6. The number of ether oxygens (including phenoxy) is 3. The van der Waals surface area contributed by atoms with E-state index >= 15 is 0 Å². The molecule has 0 aliphatic heterocycles. The first-order valence-corrected chi connectivity index (χ1v) is 35.5. The van der Waals surface area contributed by atoms with E-state index in [2.05, 4.69) is 57.2 Å². The van der Waals surface area contributed by atoms with Crippen LogP contribution in [-0.2, 0) is 28.6 Å². The predicted molar refractivity (Wildman–Crippen MR) is 344 cm³/mol. The van der Waals surface area contributed by atoms with Gasteiger partial charge in [0.05, 0.1) is 0 Å². The van der Waals surface area contributed by atoms with E-state index in [-0.39, 0.29) is 31.1 Å². The lowest BCUT2D eigenvalue weighted by Gasteiger charge is -2.18. The average molecular weight is 1110 g/mol. The van der Waals surface area contributed by atoms with Crippen LogP contribution in [0.4, 0.5) is 0 Å². The smallest absolute Gasteiger partial charge is 0.306 e. The zero-order valence-corrected chi connectivity index (χ0v) is 53.4. The highest BCUT2D eigenvalue weighted by atomic mass is 16.6. The van der Waals surface area contributed by atoms with Gasteiger partial charge in [-0.05, 0) is 57.8 Å². The van der Waals surface area contributed by atoms with Crippen LogP contribution in [0.3, 0.4) is 0 Å². The van der Waals surface area contributed by atoms with Gasteiger partial charge >= 0.3 is 17.9 Å². The number of carbonyl (C=O) groups is 3. The van der Waals surface area contributed by atoms with Gasteiger partial charge < -0.3 is 14.2 Å². The van der Waals surface area contributed by atoms with Gasteiger partial charge in [0.2, 0.25) is 0 Å². The minimum Gasteiger partial charge on any atom is -0.462 e. The summed E-state index contributed by atoms with van der Waals surface area (Å²) in [4.78, 5) is 38.2. The van der Waals surface area contributed by atoms with Crippen LogP contribution in [0, 0.1) is 0 Å². The highest BCUT2D eigenvalue weighted by Crippen LogP contribution is 2.19. The maximum absolute atomic E-state index is 12.9. The number of esters is 3. The molecule has 464 valence electrons. The predicted octanol–water partition coefficient (Wildman–Crippen LogP) is 24.3. The number of allylic oxidation sites excluding steroid dienone is 6. The standard InChI is InChI=1S/C73H136O6/c1-4-7-10-13-16-19-21-23-25-27-29-31-32-33-34-35-36-37-38-39-40-41-42-43-45-46-48-50-52-54-57-60-63-66-72(75)78-69-70(68-77-71(74)65-62-59-56-18-15-12-9-6-3)79-73(76)67-64-61-58-55-53-51-49-47-44-30-28-26-24-22-20-17-14-11-8-5-2/h21,23,27,29,32-33,70H,4-20,22,24-26,28,30-31,34-69H2,1-3H3/b23-21-,29-27-,33-32-.